The summed E-state index contributed by atoms with van der Waals surface area (Å²) in [5.74, 6) is 0.549. The van der Waals surface area contributed by atoms with Gasteiger partial charge in [0.05, 0.1) is 5.54 Å². The van der Waals surface area contributed by atoms with E-state index in [2.05, 4.69) is 57.0 Å². The van der Waals surface area contributed by atoms with Gasteiger partial charge >= 0.3 is 0 Å². The van der Waals surface area contributed by atoms with Crippen molar-refractivity contribution >= 4 is 5.91 Å². The SMILES string of the molecule is CCCCN(C)C(C)(CC)C(C)(C)NC(=O)c1cc(CC)on1. The van der Waals surface area contributed by atoms with Crippen LogP contribution < -0.4 is 5.32 Å². The van der Waals surface area contributed by atoms with E-state index < -0.39 is 5.54 Å². The van der Waals surface area contributed by atoms with Gasteiger partial charge in [0.15, 0.2) is 5.69 Å². The van der Waals surface area contributed by atoms with Crippen LogP contribution >= 0.6 is 0 Å². The number of hydrogen-bond donors (Lipinski definition) is 1. The second kappa shape index (κ2) is 7.95. The Bertz CT molecular complexity index is 510. The first kappa shape index (κ1) is 19.7. The van der Waals surface area contributed by atoms with Gasteiger partial charge in [-0.25, -0.2) is 0 Å². The molecular weight excluding hydrogens is 290 g/mol. The Labute approximate surface area is 140 Å². The molecule has 1 heterocycles. The van der Waals surface area contributed by atoms with Crippen LogP contribution in [-0.2, 0) is 6.42 Å². The van der Waals surface area contributed by atoms with Crippen LogP contribution in [-0.4, -0.2) is 40.6 Å². The van der Waals surface area contributed by atoms with Gasteiger partial charge in [-0.3, -0.25) is 9.69 Å². The molecule has 0 fully saturated rings. The lowest BCUT2D eigenvalue weighted by Crippen LogP contribution is -2.66. The van der Waals surface area contributed by atoms with Crippen molar-refractivity contribution < 1.29 is 9.32 Å². The number of nitrogens with zero attached hydrogens (tertiary/aromatic N) is 2. The summed E-state index contributed by atoms with van der Waals surface area (Å²) in [7, 11) is 2.14. The van der Waals surface area contributed by atoms with Crippen molar-refractivity contribution in [3.05, 3.63) is 17.5 Å². The lowest BCUT2D eigenvalue weighted by atomic mass is 9.77. The van der Waals surface area contributed by atoms with Crippen LogP contribution in [0.15, 0.2) is 10.6 Å². The fourth-order valence-corrected chi connectivity index (χ4v) is 2.90. The number of likely N-dealkylation sites (N-methyl/N-ethyl adjacent to an activating group) is 1. The van der Waals surface area contributed by atoms with Crippen molar-refractivity contribution in [3.8, 4) is 0 Å². The minimum Gasteiger partial charge on any atom is -0.361 e. The van der Waals surface area contributed by atoms with Crippen molar-refractivity contribution in [2.75, 3.05) is 13.6 Å². The van der Waals surface area contributed by atoms with Crippen LogP contribution in [0.1, 0.15) is 77.1 Å². The van der Waals surface area contributed by atoms with Crippen molar-refractivity contribution in [1.29, 1.82) is 0 Å². The second-order valence-corrected chi connectivity index (χ2v) is 7.01. The molecule has 0 aliphatic rings. The first-order chi connectivity index (χ1) is 10.7. The predicted molar refractivity (Wildman–Crippen MR) is 93.7 cm³/mol. The van der Waals surface area contributed by atoms with E-state index in [4.69, 9.17) is 4.52 Å². The molecule has 0 aromatic carbocycles. The molecule has 1 rings (SSSR count). The Balaban J connectivity index is 2.90. The average molecular weight is 323 g/mol. The molecule has 0 aliphatic carbocycles. The highest BCUT2D eigenvalue weighted by atomic mass is 16.5. The van der Waals surface area contributed by atoms with Crippen LogP contribution in [0.4, 0.5) is 0 Å². The third-order valence-electron chi connectivity index (χ3n) is 5.29. The van der Waals surface area contributed by atoms with Crippen LogP contribution in [0.2, 0.25) is 0 Å². The highest BCUT2D eigenvalue weighted by molar-refractivity contribution is 5.92. The number of carbonyl (C=O) groups is 1. The molecule has 0 saturated heterocycles. The Morgan fingerprint density at radius 3 is 2.43 bits per heavy atom. The third kappa shape index (κ3) is 4.34. The van der Waals surface area contributed by atoms with Crippen LogP contribution in [0.3, 0.4) is 0 Å². The van der Waals surface area contributed by atoms with E-state index in [-0.39, 0.29) is 11.4 Å². The zero-order chi connectivity index (χ0) is 17.7. The Morgan fingerprint density at radius 1 is 1.30 bits per heavy atom. The summed E-state index contributed by atoms with van der Waals surface area (Å²) in [4.78, 5) is 14.9. The molecule has 0 bridgehead atoms. The van der Waals surface area contributed by atoms with Gasteiger partial charge in [-0.15, -0.1) is 0 Å². The molecule has 132 valence electrons. The standard InChI is InChI=1S/C18H33N3O2/c1-8-11-12-21(7)18(6,10-3)17(4,5)19-16(22)15-13-14(9-2)23-20-15/h13H,8-12H2,1-7H3,(H,19,22). The van der Waals surface area contributed by atoms with Crippen molar-refractivity contribution in [1.82, 2.24) is 15.4 Å². The van der Waals surface area contributed by atoms with Crippen LogP contribution in [0.5, 0.6) is 0 Å². The molecule has 1 aromatic rings. The molecule has 1 amide bonds. The Morgan fingerprint density at radius 2 is 1.96 bits per heavy atom. The summed E-state index contributed by atoms with van der Waals surface area (Å²) < 4.78 is 5.14. The quantitative estimate of drug-likeness (QED) is 0.753. The molecule has 0 aliphatic heterocycles. The molecule has 0 spiro atoms. The topological polar surface area (TPSA) is 58.4 Å². The number of hydrogen-bond acceptors (Lipinski definition) is 4. The lowest BCUT2D eigenvalue weighted by molar-refractivity contribution is 0.0367. The monoisotopic (exact) mass is 323 g/mol. The second-order valence-electron chi connectivity index (χ2n) is 7.01. The van der Waals surface area contributed by atoms with Crippen LogP contribution in [0.25, 0.3) is 0 Å². The molecule has 1 atom stereocenters. The maximum Gasteiger partial charge on any atom is 0.273 e. The van der Waals surface area contributed by atoms with Gasteiger partial charge in [-0.2, -0.15) is 0 Å². The summed E-state index contributed by atoms with van der Waals surface area (Å²) in [6.07, 6.45) is 3.99. The summed E-state index contributed by atoms with van der Waals surface area (Å²) >= 11 is 0. The van der Waals surface area contributed by atoms with E-state index in [1.807, 2.05) is 6.92 Å². The molecule has 5 nitrogen and oxygen atoms in total. The van der Waals surface area contributed by atoms with E-state index >= 15 is 0 Å². The van der Waals surface area contributed by atoms with Gasteiger partial charge in [0.25, 0.3) is 5.91 Å². The molecule has 0 saturated carbocycles. The Hall–Kier alpha value is -1.36. The van der Waals surface area contributed by atoms with E-state index in [9.17, 15) is 4.79 Å². The van der Waals surface area contributed by atoms with Crippen molar-refractivity contribution in [3.63, 3.8) is 0 Å². The molecule has 1 N–H and O–H groups in total. The van der Waals surface area contributed by atoms with Gasteiger partial charge in [-0.05, 0) is 47.2 Å². The van der Waals surface area contributed by atoms with Crippen molar-refractivity contribution in [2.24, 2.45) is 0 Å². The van der Waals surface area contributed by atoms with E-state index in [1.165, 1.54) is 0 Å². The fraction of sp³-hybridized carbons (Fsp3) is 0.778. The summed E-state index contributed by atoms with van der Waals surface area (Å²) in [5.41, 5.74) is -0.188. The maximum atomic E-state index is 12.5. The van der Waals surface area contributed by atoms with E-state index in [0.717, 1.165) is 38.0 Å². The number of unbranched alkanes of at least 4 members (excludes halogenated alkanes) is 1. The summed E-state index contributed by atoms with van der Waals surface area (Å²) in [5, 5.41) is 7.03. The van der Waals surface area contributed by atoms with E-state index in [0.29, 0.717) is 5.69 Å². The number of aromatic nitrogens is 1. The average Bonchev–Trinajstić information content (AvgIpc) is 3.00. The molecule has 0 radical (unpaired) electrons. The minimum absolute atomic E-state index is 0.144. The largest absolute Gasteiger partial charge is 0.361 e. The smallest absolute Gasteiger partial charge is 0.273 e. The zero-order valence-corrected chi connectivity index (χ0v) is 15.8. The summed E-state index contributed by atoms with van der Waals surface area (Å²) in [6.45, 7) is 13.7. The molecule has 1 aromatic heterocycles. The number of rotatable bonds is 9. The number of carbonyl (C=O) groups excluding carboxylic acids is 1. The molecule has 1 unspecified atom stereocenters. The minimum atomic E-state index is -0.396. The number of nitrogens with one attached hydrogen (secondary N) is 1. The molecule has 5 heteroatoms. The highest BCUT2D eigenvalue weighted by Gasteiger charge is 2.43. The molecule has 23 heavy (non-hydrogen) atoms. The van der Waals surface area contributed by atoms with Gasteiger partial charge in [0.1, 0.15) is 5.76 Å². The fourth-order valence-electron chi connectivity index (χ4n) is 2.90. The van der Waals surface area contributed by atoms with Gasteiger partial charge in [0.2, 0.25) is 0 Å². The van der Waals surface area contributed by atoms with Crippen molar-refractivity contribution in [2.45, 2.75) is 78.3 Å². The zero-order valence-electron chi connectivity index (χ0n) is 15.8. The third-order valence-corrected chi connectivity index (χ3v) is 5.29. The highest BCUT2D eigenvalue weighted by Crippen LogP contribution is 2.31. The van der Waals surface area contributed by atoms with Gasteiger partial charge in [-0.1, -0.05) is 32.3 Å². The first-order valence-corrected chi connectivity index (χ1v) is 8.71. The normalized spacial score (nSPS) is 14.8. The van der Waals surface area contributed by atoms with E-state index in [1.54, 1.807) is 6.07 Å². The van der Waals surface area contributed by atoms with Gasteiger partial charge in [0, 0.05) is 18.0 Å². The van der Waals surface area contributed by atoms with Crippen LogP contribution in [0, 0.1) is 0 Å². The number of amides is 1. The summed E-state index contributed by atoms with van der Waals surface area (Å²) in [6, 6.07) is 1.72. The number of aryl methyl sites for hydroxylation is 1. The Kier molecular flexibility index (Phi) is 6.81. The van der Waals surface area contributed by atoms with Gasteiger partial charge < -0.3 is 9.84 Å². The predicted octanol–water partition coefficient (Wildman–Crippen LogP) is 3.65. The first-order valence-electron chi connectivity index (χ1n) is 8.71. The lowest BCUT2D eigenvalue weighted by Gasteiger charge is -2.50. The maximum absolute atomic E-state index is 12.5. The molecular formula is C18H33N3O2.